The van der Waals surface area contributed by atoms with E-state index in [9.17, 15) is 10.1 Å². The third-order valence-corrected chi connectivity index (χ3v) is 2.84. The fraction of sp³-hybridized carbons (Fsp3) is 0. The lowest BCUT2D eigenvalue weighted by atomic mass is 10.0. The van der Waals surface area contributed by atoms with E-state index in [1.807, 2.05) is 18.2 Å². The number of fused-ring (bicyclic) bond motifs is 1. The predicted octanol–water partition coefficient (Wildman–Crippen LogP) is 4.84. The van der Waals surface area contributed by atoms with Crippen molar-refractivity contribution in [3.05, 3.63) is 55.5 Å². The third kappa shape index (κ3) is 2.56. The van der Waals surface area contributed by atoms with Crippen LogP contribution in [0.3, 0.4) is 0 Å². The maximum absolute atomic E-state index is 11.2. The molecule has 86 valence electrons. The Morgan fingerprint density at radius 2 is 1.88 bits per heavy atom. The van der Waals surface area contributed by atoms with Gasteiger partial charge >= 0.3 is 0 Å². The third-order valence-electron chi connectivity index (χ3n) is 2.38. The molecule has 0 radical (unpaired) electrons. The van der Waals surface area contributed by atoms with E-state index in [1.54, 1.807) is 24.3 Å². The van der Waals surface area contributed by atoms with Crippen LogP contribution in [0.5, 0.6) is 0 Å². The van der Waals surface area contributed by atoms with Crippen molar-refractivity contribution < 1.29 is 4.92 Å². The highest BCUT2D eigenvalue weighted by atomic mass is 79.9. The van der Waals surface area contributed by atoms with Crippen molar-refractivity contribution >= 4 is 54.4 Å². The van der Waals surface area contributed by atoms with Crippen molar-refractivity contribution in [3.8, 4) is 0 Å². The van der Waals surface area contributed by atoms with Gasteiger partial charge in [0.05, 0.1) is 19.3 Å². The Bertz CT molecular complexity index is 619. The highest BCUT2D eigenvalue weighted by Crippen LogP contribution is 2.32. The summed E-state index contributed by atoms with van der Waals surface area (Å²) < 4.78 is 0.670. The normalized spacial score (nSPS) is 10.2. The van der Waals surface area contributed by atoms with E-state index in [4.69, 9.17) is 0 Å². The molecular formula is C12H7Br2NO2. The van der Waals surface area contributed by atoms with Gasteiger partial charge in [-0.3, -0.25) is 10.1 Å². The Balaban J connectivity index is 2.82. The second kappa shape index (κ2) is 4.98. The molecule has 5 heteroatoms. The quantitative estimate of drug-likeness (QED) is 0.571. The number of halogens is 2. The van der Waals surface area contributed by atoms with Crippen LogP contribution in [0.1, 0.15) is 5.56 Å². The van der Waals surface area contributed by atoms with E-state index < -0.39 is 0 Å². The fourth-order valence-corrected chi connectivity index (χ4v) is 2.20. The maximum atomic E-state index is 11.2. The van der Waals surface area contributed by atoms with Gasteiger partial charge in [-0.15, -0.1) is 0 Å². The molecule has 0 N–H and O–H groups in total. The molecule has 0 amide bonds. The summed E-state index contributed by atoms with van der Waals surface area (Å²) in [5, 5.41) is 12.7. The maximum Gasteiger partial charge on any atom is 0.284 e. The molecule has 2 aromatic rings. The lowest BCUT2D eigenvalue weighted by Gasteiger charge is -2.02. The van der Waals surface area contributed by atoms with Crippen LogP contribution in [0.4, 0.5) is 5.69 Å². The average molecular weight is 357 g/mol. The molecular weight excluding hydrogens is 350 g/mol. The number of rotatable bonds is 2. The molecule has 3 nitrogen and oxygen atoms in total. The van der Waals surface area contributed by atoms with Crippen LogP contribution < -0.4 is 0 Å². The first-order valence-corrected chi connectivity index (χ1v) is 6.37. The van der Waals surface area contributed by atoms with Gasteiger partial charge in [0.25, 0.3) is 5.69 Å². The summed E-state index contributed by atoms with van der Waals surface area (Å²) in [6, 6.07) is 10.9. The molecule has 0 saturated heterocycles. The van der Waals surface area contributed by atoms with Gasteiger partial charge in [-0.25, -0.2) is 0 Å². The summed E-state index contributed by atoms with van der Waals surface area (Å²) >= 11 is 6.43. The SMILES string of the molecule is O=[N+]([O-])c1c(C=C(Br)Br)ccc2ccccc12. The molecule has 0 unspecified atom stereocenters. The monoisotopic (exact) mass is 355 g/mol. The Morgan fingerprint density at radius 1 is 1.18 bits per heavy atom. The first-order valence-electron chi connectivity index (χ1n) is 4.78. The van der Waals surface area contributed by atoms with E-state index in [2.05, 4.69) is 31.9 Å². The second-order valence-corrected chi connectivity index (χ2v) is 6.19. The number of hydrogen-bond acceptors (Lipinski definition) is 2. The van der Waals surface area contributed by atoms with Gasteiger partial charge in [0.2, 0.25) is 0 Å². The Labute approximate surface area is 115 Å². The summed E-state index contributed by atoms with van der Waals surface area (Å²) in [6.07, 6.45) is 1.67. The number of benzene rings is 2. The first kappa shape index (κ1) is 12.3. The zero-order valence-corrected chi connectivity index (χ0v) is 11.7. The number of nitrogens with zero attached hydrogens (tertiary/aromatic N) is 1. The van der Waals surface area contributed by atoms with Gasteiger partial charge in [0, 0.05) is 0 Å². The Hall–Kier alpha value is -1.20. The summed E-state index contributed by atoms with van der Waals surface area (Å²) in [6.45, 7) is 0. The van der Waals surface area contributed by atoms with Crippen molar-refractivity contribution in [2.24, 2.45) is 0 Å². The average Bonchev–Trinajstić information content (AvgIpc) is 2.27. The van der Waals surface area contributed by atoms with Crippen LogP contribution >= 0.6 is 31.9 Å². The van der Waals surface area contributed by atoms with E-state index in [-0.39, 0.29) is 10.6 Å². The molecule has 2 rings (SSSR count). The van der Waals surface area contributed by atoms with Crippen LogP contribution in [0.15, 0.2) is 39.8 Å². The van der Waals surface area contributed by atoms with Crippen LogP contribution in [-0.4, -0.2) is 4.92 Å². The zero-order valence-electron chi connectivity index (χ0n) is 8.56. The first-order chi connectivity index (χ1) is 8.09. The van der Waals surface area contributed by atoms with Crippen LogP contribution in [-0.2, 0) is 0 Å². The van der Waals surface area contributed by atoms with E-state index in [1.165, 1.54) is 0 Å². The van der Waals surface area contributed by atoms with Crippen molar-refractivity contribution in [2.75, 3.05) is 0 Å². The van der Waals surface area contributed by atoms with E-state index in [0.717, 1.165) is 5.39 Å². The van der Waals surface area contributed by atoms with Crippen molar-refractivity contribution in [1.82, 2.24) is 0 Å². The van der Waals surface area contributed by atoms with E-state index in [0.29, 0.717) is 14.3 Å². The lowest BCUT2D eigenvalue weighted by Crippen LogP contribution is -1.93. The summed E-state index contributed by atoms with van der Waals surface area (Å²) in [4.78, 5) is 10.8. The van der Waals surface area contributed by atoms with Crippen LogP contribution in [0, 0.1) is 10.1 Å². The highest BCUT2D eigenvalue weighted by molar-refractivity contribution is 9.28. The fourth-order valence-electron chi connectivity index (χ4n) is 1.71. The van der Waals surface area contributed by atoms with Crippen LogP contribution in [0.25, 0.3) is 16.8 Å². The molecule has 0 heterocycles. The van der Waals surface area contributed by atoms with Crippen molar-refractivity contribution in [3.63, 3.8) is 0 Å². The Kier molecular flexibility index (Phi) is 3.59. The number of nitro groups is 1. The lowest BCUT2D eigenvalue weighted by molar-refractivity contribution is -0.383. The van der Waals surface area contributed by atoms with E-state index >= 15 is 0 Å². The van der Waals surface area contributed by atoms with Crippen molar-refractivity contribution in [2.45, 2.75) is 0 Å². The van der Waals surface area contributed by atoms with Crippen molar-refractivity contribution in [1.29, 1.82) is 0 Å². The molecule has 0 aliphatic heterocycles. The predicted molar refractivity (Wildman–Crippen MR) is 76.4 cm³/mol. The highest BCUT2D eigenvalue weighted by Gasteiger charge is 2.16. The molecule has 17 heavy (non-hydrogen) atoms. The number of hydrogen-bond donors (Lipinski definition) is 0. The molecule has 0 aliphatic carbocycles. The van der Waals surface area contributed by atoms with Crippen LogP contribution in [0.2, 0.25) is 0 Å². The van der Waals surface area contributed by atoms with Gasteiger partial charge in [0.1, 0.15) is 0 Å². The molecule has 0 spiro atoms. The molecule has 0 fully saturated rings. The minimum Gasteiger partial charge on any atom is -0.258 e. The molecule has 0 saturated carbocycles. The summed E-state index contributed by atoms with van der Waals surface area (Å²) in [5.74, 6) is 0. The standard InChI is InChI=1S/C12H7Br2NO2/c13-11(14)7-9-6-5-8-3-1-2-4-10(8)12(9)15(16)17/h1-7H. The molecule has 0 bridgehead atoms. The van der Waals surface area contributed by atoms with Gasteiger partial charge in [-0.2, -0.15) is 0 Å². The molecule has 0 aliphatic rings. The molecule has 0 atom stereocenters. The largest absolute Gasteiger partial charge is 0.284 e. The second-order valence-electron chi connectivity index (χ2n) is 3.42. The van der Waals surface area contributed by atoms with Gasteiger partial charge < -0.3 is 0 Å². The van der Waals surface area contributed by atoms with Gasteiger partial charge in [-0.05, 0) is 55.5 Å². The molecule has 0 aromatic heterocycles. The summed E-state index contributed by atoms with van der Waals surface area (Å²) in [5.41, 5.74) is 0.692. The molecule has 2 aromatic carbocycles. The summed E-state index contributed by atoms with van der Waals surface area (Å²) in [7, 11) is 0. The minimum absolute atomic E-state index is 0.125. The number of nitro benzene ring substituents is 1. The zero-order chi connectivity index (χ0) is 12.4. The minimum atomic E-state index is -0.350. The van der Waals surface area contributed by atoms with Gasteiger partial charge in [0.15, 0.2) is 0 Å². The smallest absolute Gasteiger partial charge is 0.258 e. The topological polar surface area (TPSA) is 43.1 Å². The Morgan fingerprint density at radius 3 is 2.53 bits per heavy atom. The van der Waals surface area contributed by atoms with Gasteiger partial charge in [-0.1, -0.05) is 24.3 Å².